The van der Waals surface area contributed by atoms with E-state index in [-0.39, 0.29) is 0 Å². The highest BCUT2D eigenvalue weighted by molar-refractivity contribution is 5.81. The largest absolute Gasteiger partial charge is 0.299 e. The Hall–Kier alpha value is -1.37. The molecule has 0 saturated carbocycles. The molecule has 0 bridgehead atoms. The number of aryl methyl sites for hydroxylation is 1. The predicted molar refractivity (Wildman–Crippen MR) is 61.8 cm³/mol. The van der Waals surface area contributed by atoms with Gasteiger partial charge in [-0.15, -0.1) is 0 Å². The zero-order valence-electron chi connectivity index (χ0n) is 9.12. The number of hydrogen-bond acceptors (Lipinski definition) is 1. The maximum atomic E-state index is 11.1. The van der Waals surface area contributed by atoms with Crippen molar-refractivity contribution in [3.63, 3.8) is 0 Å². The molecule has 0 atom stereocenters. The number of carbonyl (C=O) groups excluding carboxylic acids is 1. The van der Waals surface area contributed by atoms with Gasteiger partial charge in [0.25, 0.3) is 0 Å². The molecule has 78 valence electrons. The third-order valence-electron chi connectivity index (χ3n) is 2.90. The molecule has 1 aromatic rings. The van der Waals surface area contributed by atoms with Crippen LogP contribution in [0.4, 0.5) is 0 Å². The Morgan fingerprint density at radius 3 is 2.47 bits per heavy atom. The van der Waals surface area contributed by atoms with Crippen LogP contribution in [0.3, 0.4) is 0 Å². The molecule has 15 heavy (non-hydrogen) atoms. The van der Waals surface area contributed by atoms with Crippen molar-refractivity contribution >= 4 is 5.78 Å². The number of ketones is 1. The molecule has 0 amide bonds. The van der Waals surface area contributed by atoms with Gasteiger partial charge < -0.3 is 0 Å². The summed E-state index contributed by atoms with van der Waals surface area (Å²) in [6.07, 6.45) is 5.44. The standard InChI is InChI=1S/C14H16O/c1-11-2-4-12(5-3-11)10-13-6-8-14(15)9-7-13/h2-6H,7-10H2,1H3. The minimum atomic E-state index is 0.377. The summed E-state index contributed by atoms with van der Waals surface area (Å²) < 4.78 is 0. The second-order valence-corrected chi connectivity index (χ2v) is 4.27. The maximum Gasteiger partial charge on any atom is 0.136 e. The normalized spacial score (nSPS) is 16.3. The zero-order valence-corrected chi connectivity index (χ0v) is 9.12. The minimum Gasteiger partial charge on any atom is -0.299 e. The van der Waals surface area contributed by atoms with Crippen molar-refractivity contribution in [3.8, 4) is 0 Å². The van der Waals surface area contributed by atoms with Gasteiger partial charge in [-0.3, -0.25) is 4.79 Å². The van der Waals surface area contributed by atoms with Crippen molar-refractivity contribution in [2.75, 3.05) is 0 Å². The lowest BCUT2D eigenvalue weighted by Crippen LogP contribution is -2.05. The number of Topliss-reactive ketones (excluding diaryl/α,β-unsaturated/α-hetero) is 1. The van der Waals surface area contributed by atoms with Crippen LogP contribution >= 0.6 is 0 Å². The number of hydrogen-bond donors (Lipinski definition) is 0. The van der Waals surface area contributed by atoms with Crippen LogP contribution in [0.25, 0.3) is 0 Å². The molecule has 0 N–H and O–H groups in total. The van der Waals surface area contributed by atoms with E-state index in [9.17, 15) is 4.79 Å². The number of allylic oxidation sites excluding steroid dienone is 2. The van der Waals surface area contributed by atoms with Crippen LogP contribution in [0.2, 0.25) is 0 Å². The summed E-state index contributed by atoms with van der Waals surface area (Å²) in [6, 6.07) is 8.63. The third-order valence-corrected chi connectivity index (χ3v) is 2.90. The highest BCUT2D eigenvalue weighted by Crippen LogP contribution is 2.19. The lowest BCUT2D eigenvalue weighted by Gasteiger charge is -2.12. The molecule has 0 fully saturated rings. The molecular weight excluding hydrogens is 184 g/mol. The molecule has 0 saturated heterocycles. The SMILES string of the molecule is Cc1ccc(CC2=CCC(=O)CC2)cc1. The summed E-state index contributed by atoms with van der Waals surface area (Å²) >= 11 is 0. The monoisotopic (exact) mass is 200 g/mol. The van der Waals surface area contributed by atoms with Crippen LogP contribution in [-0.4, -0.2) is 5.78 Å². The van der Waals surface area contributed by atoms with Gasteiger partial charge in [-0.25, -0.2) is 0 Å². The van der Waals surface area contributed by atoms with E-state index >= 15 is 0 Å². The van der Waals surface area contributed by atoms with Crippen molar-refractivity contribution in [2.45, 2.75) is 32.6 Å². The second kappa shape index (κ2) is 4.43. The fourth-order valence-corrected chi connectivity index (χ4v) is 1.89. The first kappa shape index (κ1) is 10.2. The molecule has 0 heterocycles. The van der Waals surface area contributed by atoms with Gasteiger partial charge in [0, 0.05) is 12.8 Å². The van der Waals surface area contributed by atoms with Crippen molar-refractivity contribution in [3.05, 3.63) is 47.0 Å². The van der Waals surface area contributed by atoms with Crippen molar-refractivity contribution in [2.24, 2.45) is 0 Å². The molecule has 0 aliphatic heterocycles. The molecule has 1 heteroatoms. The Kier molecular flexibility index (Phi) is 3.00. The van der Waals surface area contributed by atoms with Crippen LogP contribution < -0.4 is 0 Å². The Balaban J connectivity index is 2.03. The lowest BCUT2D eigenvalue weighted by atomic mass is 9.93. The Morgan fingerprint density at radius 2 is 1.87 bits per heavy atom. The fourth-order valence-electron chi connectivity index (χ4n) is 1.89. The van der Waals surface area contributed by atoms with Crippen LogP contribution in [0.5, 0.6) is 0 Å². The minimum absolute atomic E-state index is 0.377. The first-order chi connectivity index (χ1) is 7.24. The highest BCUT2D eigenvalue weighted by atomic mass is 16.1. The number of carbonyl (C=O) groups is 1. The van der Waals surface area contributed by atoms with Gasteiger partial charge in [0.15, 0.2) is 0 Å². The average molecular weight is 200 g/mol. The van der Waals surface area contributed by atoms with Crippen LogP contribution in [0.1, 0.15) is 30.4 Å². The fraction of sp³-hybridized carbons (Fsp3) is 0.357. The molecule has 0 aromatic heterocycles. The van der Waals surface area contributed by atoms with Gasteiger partial charge in [0.05, 0.1) is 0 Å². The van der Waals surface area contributed by atoms with Gasteiger partial charge in [-0.1, -0.05) is 41.5 Å². The van der Waals surface area contributed by atoms with Crippen molar-refractivity contribution in [1.82, 2.24) is 0 Å². The van der Waals surface area contributed by atoms with Gasteiger partial charge in [0.1, 0.15) is 5.78 Å². The van der Waals surface area contributed by atoms with E-state index < -0.39 is 0 Å². The highest BCUT2D eigenvalue weighted by Gasteiger charge is 2.10. The van der Waals surface area contributed by atoms with E-state index in [0.717, 1.165) is 19.3 Å². The van der Waals surface area contributed by atoms with Crippen molar-refractivity contribution < 1.29 is 4.79 Å². The van der Waals surface area contributed by atoms with Crippen LogP contribution in [0.15, 0.2) is 35.9 Å². The quantitative estimate of drug-likeness (QED) is 0.670. The summed E-state index contributed by atoms with van der Waals surface area (Å²) in [5.74, 6) is 0.377. The van der Waals surface area contributed by atoms with E-state index in [1.54, 1.807) is 0 Å². The average Bonchev–Trinajstić information content (AvgIpc) is 2.25. The van der Waals surface area contributed by atoms with E-state index in [1.165, 1.54) is 16.7 Å². The molecule has 2 rings (SSSR count). The Bertz CT molecular complexity index is 384. The van der Waals surface area contributed by atoms with Crippen LogP contribution in [-0.2, 0) is 11.2 Å². The van der Waals surface area contributed by atoms with E-state index in [1.807, 2.05) is 0 Å². The molecule has 0 unspecified atom stereocenters. The van der Waals surface area contributed by atoms with E-state index in [4.69, 9.17) is 0 Å². The Morgan fingerprint density at radius 1 is 1.13 bits per heavy atom. The van der Waals surface area contributed by atoms with Gasteiger partial charge in [0.2, 0.25) is 0 Å². The molecule has 1 aliphatic carbocycles. The molecule has 0 spiro atoms. The van der Waals surface area contributed by atoms with Gasteiger partial charge in [-0.05, 0) is 25.3 Å². The third kappa shape index (κ3) is 2.79. The van der Waals surface area contributed by atoms with E-state index in [2.05, 4.69) is 37.3 Å². The molecule has 1 aromatic carbocycles. The summed E-state index contributed by atoms with van der Waals surface area (Å²) in [5, 5.41) is 0. The number of rotatable bonds is 2. The summed E-state index contributed by atoms with van der Waals surface area (Å²) in [4.78, 5) is 11.1. The van der Waals surface area contributed by atoms with Gasteiger partial charge in [-0.2, -0.15) is 0 Å². The molecule has 1 nitrogen and oxygen atoms in total. The zero-order chi connectivity index (χ0) is 10.7. The first-order valence-electron chi connectivity index (χ1n) is 5.49. The van der Waals surface area contributed by atoms with Crippen LogP contribution in [0, 0.1) is 6.92 Å². The first-order valence-corrected chi connectivity index (χ1v) is 5.49. The molecule has 1 aliphatic rings. The summed E-state index contributed by atoms with van der Waals surface area (Å²) in [6.45, 7) is 2.10. The number of benzene rings is 1. The van der Waals surface area contributed by atoms with E-state index in [0.29, 0.717) is 12.2 Å². The Labute approximate surface area is 90.8 Å². The predicted octanol–water partition coefficient (Wildman–Crippen LogP) is 3.22. The maximum absolute atomic E-state index is 11.1. The van der Waals surface area contributed by atoms with Crippen molar-refractivity contribution in [1.29, 1.82) is 0 Å². The second-order valence-electron chi connectivity index (χ2n) is 4.27. The molecule has 0 radical (unpaired) electrons. The summed E-state index contributed by atoms with van der Waals surface area (Å²) in [5.41, 5.74) is 4.06. The molecular formula is C14H16O. The van der Waals surface area contributed by atoms with Gasteiger partial charge >= 0.3 is 0 Å². The topological polar surface area (TPSA) is 17.1 Å². The summed E-state index contributed by atoms with van der Waals surface area (Å²) in [7, 11) is 0. The smallest absolute Gasteiger partial charge is 0.136 e. The lowest BCUT2D eigenvalue weighted by molar-refractivity contribution is -0.118.